The molecule has 0 saturated carbocycles. The van der Waals surface area contributed by atoms with Crippen LogP contribution in [0, 0.1) is 0 Å². The summed E-state index contributed by atoms with van der Waals surface area (Å²) in [5.41, 5.74) is 3.44. The number of hydrogen-bond acceptors (Lipinski definition) is 1. The van der Waals surface area contributed by atoms with Gasteiger partial charge in [-0.15, -0.1) is 0 Å². The van der Waals surface area contributed by atoms with Gasteiger partial charge in [-0.3, -0.25) is 0 Å². The van der Waals surface area contributed by atoms with Crippen LogP contribution in [-0.2, 0) is 0 Å². The van der Waals surface area contributed by atoms with Gasteiger partial charge in [0, 0.05) is 17.3 Å². The van der Waals surface area contributed by atoms with Gasteiger partial charge in [0.15, 0.2) is 0 Å². The Hall–Kier alpha value is -1.28. The summed E-state index contributed by atoms with van der Waals surface area (Å²) >= 11 is 6.10. The highest BCUT2D eigenvalue weighted by molar-refractivity contribution is 6.35. The fourth-order valence-corrected chi connectivity index (χ4v) is 2.28. The van der Waals surface area contributed by atoms with E-state index in [2.05, 4.69) is 22.1 Å². The molecule has 0 atom stereocenters. The van der Waals surface area contributed by atoms with Gasteiger partial charge in [-0.2, -0.15) is 0 Å². The van der Waals surface area contributed by atoms with E-state index in [1.54, 1.807) is 6.20 Å². The first-order chi connectivity index (χ1) is 7.34. The number of aromatic amines is 1. The molecule has 76 valence electrons. The van der Waals surface area contributed by atoms with E-state index in [-0.39, 0.29) is 0 Å². The molecule has 0 radical (unpaired) electrons. The molecule has 0 aliphatic heterocycles. The van der Waals surface area contributed by atoms with Crippen molar-refractivity contribution in [2.75, 3.05) is 0 Å². The number of hydrogen-bond donors (Lipinski definition) is 1. The topological polar surface area (TPSA) is 28.7 Å². The third-order valence-electron chi connectivity index (χ3n) is 2.87. The van der Waals surface area contributed by atoms with Crippen LogP contribution in [0.15, 0.2) is 24.4 Å². The minimum absolute atomic E-state index is 0.765. The van der Waals surface area contributed by atoms with E-state index in [4.69, 9.17) is 11.6 Å². The highest BCUT2D eigenvalue weighted by atomic mass is 35.5. The molecule has 0 fully saturated rings. The SMILES string of the molecule is Clc1ccnc2[nH]c(C3=CCCC3)cc12. The van der Waals surface area contributed by atoms with Gasteiger partial charge in [0.2, 0.25) is 0 Å². The van der Waals surface area contributed by atoms with Crippen molar-refractivity contribution in [3.63, 3.8) is 0 Å². The van der Waals surface area contributed by atoms with E-state index in [0.29, 0.717) is 0 Å². The van der Waals surface area contributed by atoms with E-state index < -0.39 is 0 Å². The average Bonchev–Trinajstić information content (AvgIpc) is 2.86. The monoisotopic (exact) mass is 218 g/mol. The van der Waals surface area contributed by atoms with Crippen molar-refractivity contribution >= 4 is 28.2 Å². The maximum absolute atomic E-state index is 6.10. The van der Waals surface area contributed by atoms with Crippen LogP contribution in [0.25, 0.3) is 16.6 Å². The van der Waals surface area contributed by atoms with Crippen molar-refractivity contribution in [2.24, 2.45) is 0 Å². The summed E-state index contributed by atoms with van der Waals surface area (Å²) in [7, 11) is 0. The molecular formula is C12H11ClN2. The molecule has 0 bridgehead atoms. The molecule has 3 heteroatoms. The van der Waals surface area contributed by atoms with Crippen LogP contribution in [0.5, 0.6) is 0 Å². The molecule has 2 heterocycles. The number of pyridine rings is 1. The Labute approximate surface area is 93.0 Å². The molecule has 15 heavy (non-hydrogen) atoms. The van der Waals surface area contributed by atoms with Gasteiger partial charge in [0.05, 0.1) is 5.02 Å². The molecule has 0 saturated heterocycles. The lowest BCUT2D eigenvalue weighted by Gasteiger charge is -1.94. The van der Waals surface area contributed by atoms with Gasteiger partial charge in [0.1, 0.15) is 5.65 Å². The number of allylic oxidation sites excluding steroid dienone is 2. The van der Waals surface area contributed by atoms with Crippen LogP contribution < -0.4 is 0 Å². The molecule has 3 rings (SSSR count). The van der Waals surface area contributed by atoms with Crippen molar-refractivity contribution in [3.05, 3.63) is 35.1 Å². The lowest BCUT2D eigenvalue weighted by molar-refractivity contribution is 0.933. The predicted octanol–water partition coefficient (Wildman–Crippen LogP) is 3.78. The van der Waals surface area contributed by atoms with E-state index in [1.165, 1.54) is 24.1 Å². The molecule has 0 aromatic carbocycles. The number of aromatic nitrogens is 2. The number of fused-ring (bicyclic) bond motifs is 1. The maximum atomic E-state index is 6.10. The first-order valence-corrected chi connectivity index (χ1v) is 5.55. The Balaban J connectivity index is 2.18. The van der Waals surface area contributed by atoms with Crippen LogP contribution in [0.1, 0.15) is 25.0 Å². The molecule has 2 aromatic heterocycles. The van der Waals surface area contributed by atoms with E-state index in [1.807, 2.05) is 6.07 Å². The number of halogens is 1. The van der Waals surface area contributed by atoms with E-state index in [9.17, 15) is 0 Å². The lowest BCUT2D eigenvalue weighted by Crippen LogP contribution is -1.79. The third kappa shape index (κ3) is 1.45. The second-order valence-corrected chi connectivity index (χ2v) is 4.27. The van der Waals surface area contributed by atoms with E-state index in [0.717, 1.165) is 22.5 Å². The minimum Gasteiger partial charge on any atom is -0.339 e. The van der Waals surface area contributed by atoms with Crippen molar-refractivity contribution < 1.29 is 0 Å². The summed E-state index contributed by atoms with van der Waals surface area (Å²) in [4.78, 5) is 7.58. The molecule has 1 aliphatic carbocycles. The Bertz CT molecular complexity index is 540. The highest BCUT2D eigenvalue weighted by Crippen LogP contribution is 2.30. The zero-order chi connectivity index (χ0) is 10.3. The average molecular weight is 219 g/mol. The second kappa shape index (κ2) is 3.38. The maximum Gasteiger partial charge on any atom is 0.139 e. The molecule has 2 aromatic rings. The zero-order valence-corrected chi connectivity index (χ0v) is 9.01. The summed E-state index contributed by atoms with van der Waals surface area (Å²) in [5, 5.41) is 1.78. The first-order valence-electron chi connectivity index (χ1n) is 5.17. The zero-order valence-electron chi connectivity index (χ0n) is 8.26. The fourth-order valence-electron chi connectivity index (χ4n) is 2.08. The summed E-state index contributed by atoms with van der Waals surface area (Å²) in [6.07, 6.45) is 7.62. The number of nitrogens with one attached hydrogen (secondary N) is 1. The molecule has 0 spiro atoms. The normalized spacial score (nSPS) is 15.9. The highest BCUT2D eigenvalue weighted by Gasteiger charge is 2.11. The first kappa shape index (κ1) is 8.98. The van der Waals surface area contributed by atoms with Crippen LogP contribution >= 0.6 is 11.6 Å². The van der Waals surface area contributed by atoms with Gasteiger partial charge < -0.3 is 4.98 Å². The smallest absolute Gasteiger partial charge is 0.139 e. The number of rotatable bonds is 1. The van der Waals surface area contributed by atoms with Gasteiger partial charge in [-0.1, -0.05) is 17.7 Å². The van der Waals surface area contributed by atoms with Gasteiger partial charge in [0.25, 0.3) is 0 Å². The summed E-state index contributed by atoms with van der Waals surface area (Å²) < 4.78 is 0. The van der Waals surface area contributed by atoms with E-state index >= 15 is 0 Å². The molecule has 1 N–H and O–H groups in total. The quantitative estimate of drug-likeness (QED) is 0.775. The predicted molar refractivity (Wildman–Crippen MR) is 62.9 cm³/mol. The van der Waals surface area contributed by atoms with Crippen molar-refractivity contribution in [1.82, 2.24) is 9.97 Å². The third-order valence-corrected chi connectivity index (χ3v) is 3.20. The van der Waals surface area contributed by atoms with Crippen LogP contribution in [0.3, 0.4) is 0 Å². The Morgan fingerprint density at radius 1 is 1.40 bits per heavy atom. The Kier molecular flexibility index (Phi) is 2.03. The Morgan fingerprint density at radius 3 is 3.07 bits per heavy atom. The Morgan fingerprint density at radius 2 is 2.33 bits per heavy atom. The van der Waals surface area contributed by atoms with Crippen LogP contribution in [0.4, 0.5) is 0 Å². The van der Waals surface area contributed by atoms with Crippen LogP contribution in [0.2, 0.25) is 5.02 Å². The minimum atomic E-state index is 0.765. The standard InChI is InChI=1S/C12H11ClN2/c13-10-5-6-14-12-9(10)7-11(15-12)8-3-1-2-4-8/h3,5-7H,1-2,4H2,(H,14,15). The second-order valence-electron chi connectivity index (χ2n) is 3.86. The van der Waals surface area contributed by atoms with Crippen molar-refractivity contribution in [1.29, 1.82) is 0 Å². The summed E-state index contributed by atoms with van der Waals surface area (Å²) in [5.74, 6) is 0. The van der Waals surface area contributed by atoms with Gasteiger partial charge >= 0.3 is 0 Å². The largest absolute Gasteiger partial charge is 0.339 e. The molecule has 0 amide bonds. The molecule has 0 unspecified atom stereocenters. The summed E-state index contributed by atoms with van der Waals surface area (Å²) in [6, 6.07) is 3.92. The van der Waals surface area contributed by atoms with Gasteiger partial charge in [-0.25, -0.2) is 4.98 Å². The number of nitrogens with zero attached hydrogens (tertiary/aromatic N) is 1. The van der Waals surface area contributed by atoms with Crippen molar-refractivity contribution in [2.45, 2.75) is 19.3 Å². The molecular weight excluding hydrogens is 208 g/mol. The summed E-state index contributed by atoms with van der Waals surface area (Å²) in [6.45, 7) is 0. The molecule has 2 nitrogen and oxygen atoms in total. The molecule has 1 aliphatic rings. The van der Waals surface area contributed by atoms with Crippen molar-refractivity contribution in [3.8, 4) is 0 Å². The fraction of sp³-hybridized carbons (Fsp3) is 0.250. The van der Waals surface area contributed by atoms with Gasteiger partial charge in [-0.05, 0) is 37.0 Å². The number of H-pyrrole nitrogens is 1. The van der Waals surface area contributed by atoms with Crippen LogP contribution in [-0.4, -0.2) is 9.97 Å². The lowest BCUT2D eigenvalue weighted by atomic mass is 10.1.